The summed E-state index contributed by atoms with van der Waals surface area (Å²) in [6.45, 7) is 16.6. The molecular formula is C22H33BNSi-. The van der Waals surface area contributed by atoms with Gasteiger partial charge in [-0.05, 0) is 12.1 Å². The average Bonchev–Trinajstić information content (AvgIpc) is 2.54. The SMILES string of the molecule is CC(C)N(B([Si-](c1ccccc1)c1ccccc1)C(C)(C)C)C(C)C. The molecule has 2 aromatic carbocycles. The fourth-order valence-electron chi connectivity index (χ4n) is 3.94. The summed E-state index contributed by atoms with van der Waals surface area (Å²) in [6, 6.07) is 23.4. The van der Waals surface area contributed by atoms with Gasteiger partial charge in [0.05, 0.1) is 6.44 Å². The van der Waals surface area contributed by atoms with Gasteiger partial charge in [0, 0.05) is 0 Å². The molecule has 1 nitrogen and oxygen atoms in total. The van der Waals surface area contributed by atoms with Crippen LogP contribution in [0.4, 0.5) is 0 Å². The lowest BCUT2D eigenvalue weighted by Crippen LogP contribution is -2.68. The fourth-order valence-corrected chi connectivity index (χ4v) is 7.77. The number of hydrogen-bond acceptors (Lipinski definition) is 1. The maximum absolute atomic E-state index is 2.74. The summed E-state index contributed by atoms with van der Waals surface area (Å²) in [5.74, 6) is 0. The maximum Gasteiger partial charge on any atom is 0.0789 e. The third-order valence-electron chi connectivity index (χ3n) is 4.75. The molecule has 134 valence electrons. The predicted molar refractivity (Wildman–Crippen MR) is 115 cm³/mol. The third-order valence-corrected chi connectivity index (χ3v) is 8.38. The highest BCUT2D eigenvalue weighted by Gasteiger charge is 2.34. The van der Waals surface area contributed by atoms with E-state index in [2.05, 4.69) is 114 Å². The molecule has 0 atom stereocenters. The molecule has 0 aromatic heterocycles. The number of rotatable bonds is 6. The molecule has 2 aromatic rings. The van der Waals surface area contributed by atoms with Crippen molar-refractivity contribution >= 4 is 25.5 Å². The monoisotopic (exact) mass is 350 g/mol. The van der Waals surface area contributed by atoms with Crippen molar-refractivity contribution in [2.75, 3.05) is 0 Å². The second-order valence-corrected chi connectivity index (χ2v) is 11.1. The van der Waals surface area contributed by atoms with Gasteiger partial charge in [-0.15, -0.1) is 0 Å². The molecule has 0 aliphatic heterocycles. The van der Waals surface area contributed by atoms with Crippen LogP contribution >= 0.6 is 0 Å². The number of nitrogens with zero attached hydrogens (tertiary/aromatic N) is 1. The molecule has 0 radical (unpaired) electrons. The first-order valence-corrected chi connectivity index (χ1v) is 11.1. The summed E-state index contributed by atoms with van der Waals surface area (Å²) in [5.41, 5.74) is 0. The minimum atomic E-state index is -0.958. The van der Waals surface area contributed by atoms with E-state index in [9.17, 15) is 0 Å². The third kappa shape index (κ3) is 4.86. The van der Waals surface area contributed by atoms with E-state index in [1.807, 2.05) is 0 Å². The highest BCUT2D eigenvalue weighted by molar-refractivity contribution is 7.33. The van der Waals surface area contributed by atoms with Gasteiger partial charge in [0.15, 0.2) is 0 Å². The van der Waals surface area contributed by atoms with Gasteiger partial charge in [0.25, 0.3) is 0 Å². The second-order valence-electron chi connectivity index (χ2n) is 8.55. The number of benzene rings is 2. The minimum Gasteiger partial charge on any atom is -0.369 e. The zero-order valence-electron chi connectivity index (χ0n) is 17.0. The van der Waals surface area contributed by atoms with Gasteiger partial charge in [0.1, 0.15) is 0 Å². The lowest BCUT2D eigenvalue weighted by Gasteiger charge is -2.55. The quantitative estimate of drug-likeness (QED) is 0.703. The van der Waals surface area contributed by atoms with E-state index >= 15 is 0 Å². The smallest absolute Gasteiger partial charge is 0.0789 e. The normalized spacial score (nSPS) is 12.1. The lowest BCUT2D eigenvalue weighted by atomic mass is 9.59. The largest absolute Gasteiger partial charge is 0.369 e. The van der Waals surface area contributed by atoms with Crippen LogP contribution in [0.25, 0.3) is 0 Å². The van der Waals surface area contributed by atoms with E-state index < -0.39 is 8.67 Å². The van der Waals surface area contributed by atoms with E-state index in [0.29, 0.717) is 18.5 Å². The van der Waals surface area contributed by atoms with Gasteiger partial charge in [-0.1, -0.05) is 114 Å². The molecule has 0 N–H and O–H groups in total. The van der Waals surface area contributed by atoms with E-state index in [4.69, 9.17) is 0 Å². The van der Waals surface area contributed by atoms with Crippen molar-refractivity contribution in [1.29, 1.82) is 0 Å². The molecule has 0 saturated heterocycles. The first-order chi connectivity index (χ1) is 11.7. The fraction of sp³-hybridized carbons (Fsp3) is 0.455. The molecule has 0 amide bonds. The Labute approximate surface area is 157 Å². The number of hydrogen-bond donors (Lipinski definition) is 0. The first kappa shape index (κ1) is 20.0. The molecule has 0 spiro atoms. The Balaban J connectivity index is 2.66. The summed E-state index contributed by atoms with van der Waals surface area (Å²) in [5, 5.41) is 3.21. The summed E-state index contributed by atoms with van der Waals surface area (Å²) >= 11 is 0. The molecule has 0 saturated carbocycles. The molecule has 0 heterocycles. The van der Waals surface area contributed by atoms with Crippen LogP contribution in [0.5, 0.6) is 0 Å². The molecule has 0 aliphatic carbocycles. The van der Waals surface area contributed by atoms with Gasteiger partial charge in [-0.3, -0.25) is 8.67 Å². The van der Waals surface area contributed by atoms with Crippen LogP contribution in [0.3, 0.4) is 0 Å². The van der Waals surface area contributed by atoms with Crippen molar-refractivity contribution in [1.82, 2.24) is 4.81 Å². The van der Waals surface area contributed by atoms with Gasteiger partial charge in [-0.25, -0.2) is 0 Å². The molecule has 0 fully saturated rings. The van der Waals surface area contributed by atoms with Gasteiger partial charge >= 0.3 is 0 Å². The minimum absolute atomic E-state index is 0.203. The van der Waals surface area contributed by atoms with Crippen molar-refractivity contribution in [2.24, 2.45) is 0 Å². The van der Waals surface area contributed by atoms with Crippen LogP contribution in [-0.4, -0.2) is 32.0 Å². The Morgan fingerprint density at radius 3 is 1.36 bits per heavy atom. The molecule has 3 heteroatoms. The predicted octanol–water partition coefficient (Wildman–Crippen LogP) is 4.28. The van der Waals surface area contributed by atoms with Crippen LogP contribution in [0, 0.1) is 0 Å². The first-order valence-electron chi connectivity index (χ1n) is 9.48. The topological polar surface area (TPSA) is 3.24 Å². The van der Waals surface area contributed by atoms with Gasteiger partial charge in [0.2, 0.25) is 0 Å². The van der Waals surface area contributed by atoms with Crippen molar-refractivity contribution in [3.8, 4) is 0 Å². The van der Waals surface area contributed by atoms with Crippen molar-refractivity contribution < 1.29 is 0 Å². The van der Waals surface area contributed by atoms with Gasteiger partial charge < -0.3 is 4.81 Å². The van der Waals surface area contributed by atoms with E-state index in [1.165, 1.54) is 10.4 Å². The summed E-state index contributed by atoms with van der Waals surface area (Å²) in [6.07, 6.45) is 0.516. The second kappa shape index (κ2) is 8.37. The lowest BCUT2D eigenvalue weighted by molar-refractivity contribution is 0.298. The van der Waals surface area contributed by atoms with Crippen LogP contribution in [-0.2, 0) is 0 Å². The highest BCUT2D eigenvalue weighted by Crippen LogP contribution is 2.32. The molecule has 0 unspecified atom stereocenters. The molecule has 0 aliphatic rings. The Morgan fingerprint density at radius 2 is 1.08 bits per heavy atom. The Morgan fingerprint density at radius 1 is 0.720 bits per heavy atom. The van der Waals surface area contributed by atoms with Crippen LogP contribution < -0.4 is 10.4 Å². The standard InChI is InChI=1S/C22H33BNSi/c1-18(2)24(19(3)4)23(22(5,6)7)25(20-14-10-8-11-15-20)21-16-12-9-13-17-21/h8-19H,1-7H3/q-1. The Kier molecular flexibility index (Phi) is 6.70. The molecule has 25 heavy (non-hydrogen) atoms. The molecular weight excluding hydrogens is 317 g/mol. The Hall–Kier alpha value is -1.32. The maximum atomic E-state index is 2.74. The summed E-state index contributed by atoms with van der Waals surface area (Å²) < 4.78 is 0. The molecule has 2 rings (SSSR count). The van der Waals surface area contributed by atoms with Crippen LogP contribution in [0.15, 0.2) is 60.7 Å². The Bertz CT molecular complexity index is 587. The zero-order valence-corrected chi connectivity index (χ0v) is 18.0. The average molecular weight is 350 g/mol. The van der Waals surface area contributed by atoms with Gasteiger partial charge in [-0.2, -0.15) is 10.4 Å². The van der Waals surface area contributed by atoms with E-state index in [-0.39, 0.29) is 5.31 Å². The zero-order chi connectivity index (χ0) is 18.6. The van der Waals surface area contributed by atoms with Crippen molar-refractivity contribution in [3.05, 3.63) is 60.7 Å². The van der Waals surface area contributed by atoms with E-state index in [1.54, 1.807) is 0 Å². The van der Waals surface area contributed by atoms with Crippen LogP contribution in [0.1, 0.15) is 48.5 Å². The summed E-state index contributed by atoms with van der Waals surface area (Å²) in [7, 11) is -0.958. The van der Waals surface area contributed by atoms with E-state index in [0.717, 1.165) is 0 Å². The summed E-state index contributed by atoms with van der Waals surface area (Å²) in [4.78, 5) is 2.74. The highest BCUT2D eigenvalue weighted by atomic mass is 28.3. The van der Waals surface area contributed by atoms with Crippen molar-refractivity contribution in [2.45, 2.75) is 65.9 Å². The molecule has 0 bridgehead atoms. The van der Waals surface area contributed by atoms with Crippen LogP contribution in [0.2, 0.25) is 5.31 Å². The van der Waals surface area contributed by atoms with Crippen molar-refractivity contribution in [3.63, 3.8) is 0 Å².